The number of amides is 2. The summed E-state index contributed by atoms with van der Waals surface area (Å²) in [6.45, 7) is 6.83. The molecule has 0 saturated carbocycles. The zero-order valence-corrected chi connectivity index (χ0v) is 20.2. The highest BCUT2D eigenvalue weighted by atomic mass is 19.1. The fraction of sp³-hybridized carbons (Fsp3) is 0.423. The Balaban J connectivity index is 1.94. The monoisotopic (exact) mass is 470 g/mol. The molecule has 0 aromatic heterocycles. The molecule has 0 fully saturated rings. The number of carbonyl (C=O) groups is 3. The molecular formula is C26H31FN2O5. The first-order chi connectivity index (χ1) is 16.0. The summed E-state index contributed by atoms with van der Waals surface area (Å²) in [5.74, 6) is -1.49. The number of anilines is 1. The van der Waals surface area contributed by atoms with Gasteiger partial charge in [-0.05, 0) is 82.3 Å². The molecule has 7 nitrogen and oxygen atoms in total. The van der Waals surface area contributed by atoms with Gasteiger partial charge >= 0.3 is 6.09 Å². The van der Waals surface area contributed by atoms with Gasteiger partial charge in [-0.15, -0.1) is 0 Å². The number of benzene rings is 2. The molecule has 8 heteroatoms. The second kappa shape index (κ2) is 10.2. The summed E-state index contributed by atoms with van der Waals surface area (Å²) in [5.41, 5.74) is 1.30. The van der Waals surface area contributed by atoms with Gasteiger partial charge in [0.25, 0.3) is 5.91 Å². The first-order valence-corrected chi connectivity index (χ1v) is 11.3. The minimum atomic E-state index is -0.823. The Hall–Kier alpha value is -3.42. The zero-order chi connectivity index (χ0) is 25.0. The van der Waals surface area contributed by atoms with Gasteiger partial charge in [-0.3, -0.25) is 9.59 Å². The average Bonchev–Trinajstić information content (AvgIpc) is 2.75. The van der Waals surface area contributed by atoms with Crippen molar-refractivity contribution in [3.8, 4) is 5.75 Å². The van der Waals surface area contributed by atoms with E-state index in [9.17, 15) is 18.8 Å². The number of fused-ring (bicyclic) bond motifs is 1. The van der Waals surface area contributed by atoms with Gasteiger partial charge in [0.05, 0.1) is 18.7 Å². The molecule has 1 aliphatic carbocycles. The molecule has 0 radical (unpaired) electrons. The fourth-order valence-electron chi connectivity index (χ4n) is 4.21. The minimum Gasteiger partial charge on any atom is -0.496 e. The van der Waals surface area contributed by atoms with Gasteiger partial charge in [0.2, 0.25) is 0 Å². The lowest BCUT2D eigenvalue weighted by Gasteiger charge is -2.30. The summed E-state index contributed by atoms with van der Waals surface area (Å²) in [6.07, 6.45) is 1.32. The second-order valence-electron chi connectivity index (χ2n) is 9.40. The van der Waals surface area contributed by atoms with E-state index in [-0.39, 0.29) is 11.3 Å². The van der Waals surface area contributed by atoms with Crippen LogP contribution in [0.1, 0.15) is 67.9 Å². The highest BCUT2D eigenvalue weighted by Gasteiger charge is 2.35. The van der Waals surface area contributed by atoms with Crippen LogP contribution >= 0.6 is 0 Å². The first-order valence-electron chi connectivity index (χ1n) is 11.3. The third kappa shape index (κ3) is 5.92. The molecular weight excluding hydrogens is 439 g/mol. The number of hydrogen-bond acceptors (Lipinski definition) is 5. The van der Waals surface area contributed by atoms with Crippen LogP contribution in [0.4, 0.5) is 14.9 Å². The van der Waals surface area contributed by atoms with Gasteiger partial charge in [0, 0.05) is 11.6 Å². The zero-order valence-electron chi connectivity index (χ0n) is 20.2. The summed E-state index contributed by atoms with van der Waals surface area (Å²) in [5, 5.41) is 5.31. The Morgan fingerprint density at radius 2 is 1.88 bits per heavy atom. The van der Waals surface area contributed by atoms with Gasteiger partial charge in [-0.2, -0.15) is 0 Å². The van der Waals surface area contributed by atoms with Crippen LogP contribution in [0.3, 0.4) is 0 Å². The lowest BCUT2D eigenvalue weighted by Crippen LogP contribution is -2.44. The molecule has 0 bridgehead atoms. The van der Waals surface area contributed by atoms with Crippen LogP contribution in [-0.4, -0.2) is 36.5 Å². The molecule has 3 rings (SSSR count). The number of methoxy groups -OCH3 is 1. The Morgan fingerprint density at radius 3 is 2.53 bits per heavy atom. The molecule has 0 saturated heterocycles. The van der Waals surface area contributed by atoms with Crippen molar-refractivity contribution >= 4 is 23.5 Å². The largest absolute Gasteiger partial charge is 0.496 e. The summed E-state index contributed by atoms with van der Waals surface area (Å²) >= 11 is 0. The Bertz CT molecular complexity index is 1090. The SMILES string of the molecule is COc1ccc2c(c1C(=O)Nc1cccc(F)c1)C(C(=O)[C@H](C)NC(=O)OC(C)(C)C)CCC2. The molecule has 182 valence electrons. The normalized spacial score (nSPS) is 16.1. The summed E-state index contributed by atoms with van der Waals surface area (Å²) < 4.78 is 24.4. The Kier molecular flexibility index (Phi) is 7.59. The van der Waals surface area contributed by atoms with Crippen molar-refractivity contribution in [1.29, 1.82) is 0 Å². The number of nitrogens with one attached hydrogen (secondary N) is 2. The summed E-state index contributed by atoms with van der Waals surface area (Å²) in [4.78, 5) is 39.0. The van der Waals surface area contributed by atoms with Crippen LogP contribution in [0.2, 0.25) is 0 Å². The molecule has 2 amide bonds. The van der Waals surface area contributed by atoms with E-state index in [1.165, 1.54) is 25.3 Å². The highest BCUT2D eigenvalue weighted by molar-refractivity contribution is 6.09. The predicted octanol–water partition coefficient (Wildman–Crippen LogP) is 4.99. The number of alkyl carbamates (subject to hydrolysis) is 1. The Morgan fingerprint density at radius 1 is 1.15 bits per heavy atom. The molecule has 1 unspecified atom stereocenters. The molecule has 34 heavy (non-hydrogen) atoms. The standard InChI is InChI=1S/C26H31FN2O5/c1-15(28-25(32)34-26(2,3)4)23(30)19-11-6-8-16-12-13-20(33-5)22(21(16)19)24(31)29-18-10-7-9-17(27)14-18/h7,9-10,12-15,19H,6,8,11H2,1-5H3,(H,28,32)(H,29,31)/t15-,19?/m0/s1. The maximum atomic E-state index is 13.6. The van der Waals surface area contributed by atoms with Crippen LogP contribution in [0.25, 0.3) is 0 Å². The Labute approximate surface area is 199 Å². The van der Waals surface area contributed by atoms with Crippen molar-refractivity contribution < 1.29 is 28.2 Å². The van der Waals surface area contributed by atoms with Crippen molar-refractivity contribution in [2.45, 2.75) is 64.5 Å². The van der Waals surface area contributed by atoms with Crippen LogP contribution in [0.5, 0.6) is 5.75 Å². The number of ether oxygens (including phenoxy) is 2. The van der Waals surface area contributed by atoms with E-state index in [1.54, 1.807) is 39.8 Å². The summed E-state index contributed by atoms with van der Waals surface area (Å²) in [6, 6.07) is 8.32. The third-order valence-electron chi connectivity index (χ3n) is 5.62. The fourth-order valence-corrected chi connectivity index (χ4v) is 4.21. The number of Topliss-reactive ketones (excluding diaryl/α,β-unsaturated/α-hetero) is 1. The first kappa shape index (κ1) is 25.2. The van der Waals surface area contributed by atoms with E-state index in [0.29, 0.717) is 29.8 Å². The topological polar surface area (TPSA) is 93.7 Å². The minimum absolute atomic E-state index is 0.222. The number of rotatable bonds is 6. The van der Waals surface area contributed by atoms with E-state index in [1.807, 2.05) is 6.07 Å². The van der Waals surface area contributed by atoms with Crippen molar-refractivity contribution in [2.24, 2.45) is 0 Å². The molecule has 1 aliphatic rings. The van der Waals surface area contributed by atoms with Gasteiger partial charge in [-0.1, -0.05) is 12.1 Å². The smallest absolute Gasteiger partial charge is 0.408 e. The molecule has 0 spiro atoms. The number of ketones is 1. The van der Waals surface area contributed by atoms with Crippen molar-refractivity contribution in [2.75, 3.05) is 12.4 Å². The number of halogens is 1. The molecule has 0 aliphatic heterocycles. The maximum absolute atomic E-state index is 13.6. The van der Waals surface area contributed by atoms with E-state index in [4.69, 9.17) is 9.47 Å². The van der Waals surface area contributed by atoms with E-state index < -0.39 is 35.4 Å². The van der Waals surface area contributed by atoms with E-state index in [0.717, 1.165) is 12.0 Å². The van der Waals surface area contributed by atoms with Gasteiger partial charge in [-0.25, -0.2) is 9.18 Å². The van der Waals surface area contributed by atoms with Gasteiger partial charge in [0.1, 0.15) is 17.2 Å². The van der Waals surface area contributed by atoms with Crippen LogP contribution in [-0.2, 0) is 16.0 Å². The van der Waals surface area contributed by atoms with E-state index >= 15 is 0 Å². The molecule has 2 aromatic carbocycles. The number of aryl methyl sites for hydroxylation is 1. The lowest BCUT2D eigenvalue weighted by molar-refractivity contribution is -0.122. The number of hydrogen-bond donors (Lipinski definition) is 2. The average molecular weight is 471 g/mol. The quantitative estimate of drug-likeness (QED) is 0.620. The predicted molar refractivity (Wildman–Crippen MR) is 127 cm³/mol. The van der Waals surface area contributed by atoms with E-state index in [2.05, 4.69) is 10.6 Å². The second-order valence-corrected chi connectivity index (χ2v) is 9.40. The molecule has 2 atom stereocenters. The van der Waals surface area contributed by atoms with Crippen molar-refractivity contribution in [3.63, 3.8) is 0 Å². The third-order valence-corrected chi connectivity index (χ3v) is 5.62. The van der Waals surface area contributed by atoms with Gasteiger partial charge < -0.3 is 20.1 Å². The van der Waals surface area contributed by atoms with Gasteiger partial charge in [0.15, 0.2) is 5.78 Å². The van der Waals surface area contributed by atoms with Crippen LogP contribution in [0.15, 0.2) is 36.4 Å². The molecule has 2 N–H and O–H groups in total. The lowest BCUT2D eigenvalue weighted by atomic mass is 9.76. The highest BCUT2D eigenvalue weighted by Crippen LogP contribution is 2.39. The maximum Gasteiger partial charge on any atom is 0.408 e. The number of carbonyl (C=O) groups excluding carboxylic acids is 3. The van der Waals surface area contributed by atoms with Crippen molar-refractivity contribution in [3.05, 3.63) is 58.9 Å². The van der Waals surface area contributed by atoms with Crippen LogP contribution in [0, 0.1) is 5.82 Å². The van der Waals surface area contributed by atoms with Crippen LogP contribution < -0.4 is 15.4 Å². The molecule has 0 heterocycles. The summed E-state index contributed by atoms with van der Waals surface area (Å²) in [7, 11) is 1.45. The molecule has 2 aromatic rings. The van der Waals surface area contributed by atoms with Crippen molar-refractivity contribution in [1.82, 2.24) is 5.32 Å².